The van der Waals surface area contributed by atoms with E-state index in [0.717, 1.165) is 19.3 Å². The molecule has 0 fully saturated rings. The van der Waals surface area contributed by atoms with Gasteiger partial charge in [-0.25, -0.2) is 9.97 Å². The van der Waals surface area contributed by atoms with E-state index in [1.54, 1.807) is 7.11 Å². The Morgan fingerprint density at radius 2 is 2.17 bits per heavy atom. The molecule has 1 aromatic carbocycles. The number of rotatable bonds is 3. The molecule has 2 rings (SSSR count). The molecule has 0 atom stereocenters. The lowest BCUT2D eigenvalue weighted by Crippen LogP contribution is -2.02. The fourth-order valence-electron chi connectivity index (χ4n) is 1.45. The zero-order valence-electron chi connectivity index (χ0n) is 9.45. The highest BCUT2D eigenvalue weighted by molar-refractivity contribution is 14.1. The van der Waals surface area contributed by atoms with Gasteiger partial charge in [-0.05, 0) is 34.7 Å². The van der Waals surface area contributed by atoms with Crippen molar-refractivity contribution in [1.29, 1.82) is 0 Å². The Kier molecular flexibility index (Phi) is 4.94. The molecule has 0 bridgehead atoms. The number of halogens is 3. The summed E-state index contributed by atoms with van der Waals surface area (Å²) < 4.78 is 6.92. The second kappa shape index (κ2) is 6.27. The molecule has 0 amide bonds. The number of hydrogen-bond acceptors (Lipinski definition) is 3. The summed E-state index contributed by atoms with van der Waals surface area (Å²) in [6, 6.07) is 7.79. The van der Waals surface area contributed by atoms with Gasteiger partial charge in [0.05, 0.1) is 15.9 Å². The highest BCUT2D eigenvalue weighted by Crippen LogP contribution is 2.25. The van der Waals surface area contributed by atoms with Gasteiger partial charge < -0.3 is 4.74 Å². The molecule has 6 heteroatoms. The molecule has 0 saturated heterocycles. The Hall–Kier alpha value is -0.240. The van der Waals surface area contributed by atoms with Gasteiger partial charge in [0.2, 0.25) is 0 Å². The van der Waals surface area contributed by atoms with Crippen molar-refractivity contribution >= 4 is 50.1 Å². The Morgan fingerprint density at radius 3 is 2.83 bits per heavy atom. The second-order valence-electron chi connectivity index (χ2n) is 3.54. The molecule has 0 N–H and O–H groups in total. The molecule has 0 aliphatic carbocycles. The Balaban J connectivity index is 2.51. The van der Waals surface area contributed by atoms with Gasteiger partial charge in [-0.3, -0.25) is 0 Å². The third-order valence-electron chi connectivity index (χ3n) is 2.24. The first-order valence-corrected chi connectivity index (χ1v) is 7.33. The minimum Gasteiger partial charge on any atom is -0.378 e. The summed E-state index contributed by atoms with van der Waals surface area (Å²) in [6.45, 7) is 0.418. The summed E-state index contributed by atoms with van der Waals surface area (Å²) in [5.41, 5.74) is 1.72. The van der Waals surface area contributed by atoms with E-state index in [4.69, 9.17) is 16.3 Å². The molecular weight excluding hydrogens is 430 g/mol. The molecule has 0 radical (unpaired) electrons. The van der Waals surface area contributed by atoms with E-state index < -0.39 is 0 Å². The molecule has 94 valence electrons. The molecule has 0 saturated carbocycles. The van der Waals surface area contributed by atoms with Crippen molar-refractivity contribution in [3.05, 3.63) is 43.2 Å². The Labute approximate surface area is 132 Å². The van der Waals surface area contributed by atoms with Crippen LogP contribution in [0.2, 0.25) is 5.15 Å². The summed E-state index contributed by atoms with van der Waals surface area (Å²) in [6.07, 6.45) is 0. The van der Waals surface area contributed by atoms with Crippen LogP contribution in [0.25, 0.3) is 11.4 Å². The van der Waals surface area contributed by atoms with Gasteiger partial charge in [-0.2, -0.15) is 0 Å². The largest absolute Gasteiger partial charge is 0.378 e. The Morgan fingerprint density at radius 1 is 1.39 bits per heavy atom. The first-order valence-electron chi connectivity index (χ1n) is 5.08. The fourth-order valence-corrected chi connectivity index (χ4v) is 2.44. The van der Waals surface area contributed by atoms with Gasteiger partial charge >= 0.3 is 0 Å². The summed E-state index contributed by atoms with van der Waals surface area (Å²) in [7, 11) is 1.63. The number of methoxy groups -OCH3 is 1. The molecule has 0 unspecified atom stereocenters. The minimum atomic E-state index is 0.418. The number of ether oxygens (including phenoxy) is 1. The maximum Gasteiger partial charge on any atom is 0.161 e. The van der Waals surface area contributed by atoms with Crippen LogP contribution in [0.15, 0.2) is 28.7 Å². The van der Waals surface area contributed by atoms with E-state index in [9.17, 15) is 0 Å². The van der Waals surface area contributed by atoms with Gasteiger partial charge in [-0.1, -0.05) is 39.7 Å². The second-order valence-corrected chi connectivity index (χ2v) is 5.89. The predicted octanol–water partition coefficient (Wildman–Crippen LogP) is 4.31. The molecule has 0 aliphatic heterocycles. The van der Waals surface area contributed by atoms with Crippen LogP contribution in [0.3, 0.4) is 0 Å². The SMILES string of the molecule is COCc1nc(-c2cccc(Br)c2)nc(Cl)c1I. The van der Waals surface area contributed by atoms with Crippen LogP contribution in [0, 0.1) is 3.57 Å². The molecule has 3 nitrogen and oxygen atoms in total. The first kappa shape index (κ1) is 14.2. The number of nitrogens with zero attached hydrogens (tertiary/aromatic N) is 2. The van der Waals surface area contributed by atoms with Crippen LogP contribution < -0.4 is 0 Å². The average Bonchev–Trinajstić information content (AvgIpc) is 2.35. The quantitative estimate of drug-likeness (QED) is 0.528. The topological polar surface area (TPSA) is 35.0 Å². The van der Waals surface area contributed by atoms with Crippen LogP contribution in [0.4, 0.5) is 0 Å². The number of hydrogen-bond donors (Lipinski definition) is 0. The van der Waals surface area contributed by atoms with E-state index in [-0.39, 0.29) is 0 Å². The maximum atomic E-state index is 6.12. The van der Waals surface area contributed by atoms with Crippen molar-refractivity contribution in [1.82, 2.24) is 9.97 Å². The smallest absolute Gasteiger partial charge is 0.161 e. The number of benzene rings is 1. The normalized spacial score (nSPS) is 10.7. The van der Waals surface area contributed by atoms with Crippen LogP contribution in [-0.4, -0.2) is 17.1 Å². The molecule has 1 aromatic heterocycles. The molecule has 2 aromatic rings. The van der Waals surface area contributed by atoms with E-state index in [1.165, 1.54) is 0 Å². The lowest BCUT2D eigenvalue weighted by Gasteiger charge is -2.07. The highest BCUT2D eigenvalue weighted by atomic mass is 127. The standard InChI is InChI=1S/C12H9BrClIN2O/c1-18-6-9-10(15)11(14)17-12(16-9)7-3-2-4-8(13)5-7/h2-5H,6H2,1H3. The molecule has 18 heavy (non-hydrogen) atoms. The van der Waals surface area contributed by atoms with Gasteiger partial charge in [0.25, 0.3) is 0 Å². The van der Waals surface area contributed by atoms with E-state index >= 15 is 0 Å². The first-order chi connectivity index (χ1) is 8.61. The monoisotopic (exact) mass is 438 g/mol. The van der Waals surface area contributed by atoms with Gasteiger partial charge in [0, 0.05) is 17.1 Å². The van der Waals surface area contributed by atoms with E-state index in [1.807, 2.05) is 24.3 Å². The van der Waals surface area contributed by atoms with E-state index in [0.29, 0.717) is 17.6 Å². The van der Waals surface area contributed by atoms with Crippen molar-refractivity contribution in [2.45, 2.75) is 6.61 Å². The van der Waals surface area contributed by atoms with E-state index in [2.05, 4.69) is 48.5 Å². The molecule has 0 aliphatic rings. The van der Waals surface area contributed by atoms with Crippen molar-refractivity contribution in [3.63, 3.8) is 0 Å². The summed E-state index contributed by atoms with van der Waals surface area (Å²) in [5.74, 6) is 0.605. The maximum absolute atomic E-state index is 6.12. The lowest BCUT2D eigenvalue weighted by atomic mass is 10.2. The van der Waals surface area contributed by atoms with Crippen LogP contribution in [-0.2, 0) is 11.3 Å². The average molecular weight is 439 g/mol. The fraction of sp³-hybridized carbons (Fsp3) is 0.167. The zero-order valence-corrected chi connectivity index (χ0v) is 14.0. The zero-order chi connectivity index (χ0) is 13.1. The Bertz CT molecular complexity index is 580. The van der Waals surface area contributed by atoms with Gasteiger partial charge in [0.1, 0.15) is 5.15 Å². The van der Waals surface area contributed by atoms with Gasteiger partial charge in [-0.15, -0.1) is 0 Å². The van der Waals surface area contributed by atoms with Crippen molar-refractivity contribution in [3.8, 4) is 11.4 Å². The third-order valence-corrected chi connectivity index (χ3v) is 4.46. The molecular formula is C12H9BrClIN2O. The number of aromatic nitrogens is 2. The molecule has 1 heterocycles. The van der Waals surface area contributed by atoms with Crippen LogP contribution in [0.1, 0.15) is 5.69 Å². The lowest BCUT2D eigenvalue weighted by molar-refractivity contribution is 0.181. The van der Waals surface area contributed by atoms with Crippen molar-refractivity contribution < 1.29 is 4.74 Å². The predicted molar refractivity (Wildman–Crippen MR) is 83.6 cm³/mol. The summed E-state index contributed by atoms with van der Waals surface area (Å²) in [5, 5.41) is 0.452. The van der Waals surface area contributed by atoms with Crippen molar-refractivity contribution in [2.24, 2.45) is 0 Å². The summed E-state index contributed by atoms with van der Waals surface area (Å²) >= 11 is 11.7. The summed E-state index contributed by atoms with van der Waals surface area (Å²) in [4.78, 5) is 8.78. The van der Waals surface area contributed by atoms with Crippen molar-refractivity contribution in [2.75, 3.05) is 7.11 Å². The minimum absolute atomic E-state index is 0.418. The highest BCUT2D eigenvalue weighted by Gasteiger charge is 2.12. The third kappa shape index (κ3) is 3.20. The van der Waals surface area contributed by atoms with Crippen LogP contribution >= 0.6 is 50.1 Å². The van der Waals surface area contributed by atoms with Gasteiger partial charge in [0.15, 0.2) is 5.82 Å². The van der Waals surface area contributed by atoms with Crippen LogP contribution in [0.5, 0.6) is 0 Å². The molecule has 0 spiro atoms.